The first-order valence-corrected chi connectivity index (χ1v) is 12.2. The molecule has 0 bridgehead atoms. The molecule has 1 saturated heterocycles. The lowest BCUT2D eigenvalue weighted by atomic mass is 10.1. The number of anilines is 1. The highest BCUT2D eigenvalue weighted by atomic mass is 32.2. The van der Waals surface area contributed by atoms with Crippen LogP contribution >= 0.6 is 11.8 Å². The van der Waals surface area contributed by atoms with Crippen molar-refractivity contribution in [2.75, 3.05) is 30.0 Å². The number of nitrogens with one attached hydrogen (secondary N) is 2. The molecule has 0 aliphatic carbocycles. The summed E-state index contributed by atoms with van der Waals surface area (Å²) >= 11 is 1.70. The predicted octanol–water partition coefficient (Wildman–Crippen LogP) is 4.69. The third-order valence-electron chi connectivity index (χ3n) is 5.79. The Balaban J connectivity index is 1.65. The van der Waals surface area contributed by atoms with Crippen LogP contribution < -0.4 is 10.2 Å². The van der Waals surface area contributed by atoms with Gasteiger partial charge in [0, 0.05) is 25.2 Å². The first-order valence-electron chi connectivity index (χ1n) is 10.8. The molecule has 2 aromatic carbocycles. The molecule has 2 heterocycles. The molecule has 1 aliphatic heterocycles. The quantitative estimate of drug-likeness (QED) is 0.379. The third kappa shape index (κ3) is 4.88. The third-order valence-corrected chi connectivity index (χ3v) is 6.43. The standard InChI is InChI=1S/C23H27N5O3S/c1-32-14-11-20(22-24-18-7-3-4-8-19(18)25-22)26-23(29)17-15-16(28(30)31)9-10-21(17)27-12-5-2-6-13-27/h3-4,7-10,15,20H,2,5-6,11-14H2,1H3,(H,24,25)(H,26,29)/t20-/m0/s1. The number of para-hydroxylation sites is 2. The van der Waals surface area contributed by atoms with E-state index in [-0.39, 0.29) is 17.6 Å². The fraction of sp³-hybridized carbons (Fsp3) is 0.391. The highest BCUT2D eigenvalue weighted by Crippen LogP contribution is 2.29. The highest BCUT2D eigenvalue weighted by Gasteiger charge is 2.25. The van der Waals surface area contributed by atoms with Crippen LogP contribution in [-0.2, 0) is 0 Å². The average molecular weight is 454 g/mol. The Morgan fingerprint density at radius 3 is 2.75 bits per heavy atom. The van der Waals surface area contributed by atoms with E-state index in [0.29, 0.717) is 17.8 Å². The maximum absolute atomic E-state index is 13.4. The number of piperidine rings is 1. The smallest absolute Gasteiger partial charge is 0.270 e. The van der Waals surface area contributed by atoms with Gasteiger partial charge in [-0.25, -0.2) is 4.98 Å². The molecule has 1 fully saturated rings. The lowest BCUT2D eigenvalue weighted by Gasteiger charge is -2.30. The summed E-state index contributed by atoms with van der Waals surface area (Å²) in [6, 6.07) is 12.0. The molecule has 3 aromatic rings. The number of aromatic nitrogens is 2. The van der Waals surface area contributed by atoms with E-state index in [1.807, 2.05) is 30.5 Å². The number of hydrogen-bond donors (Lipinski definition) is 2. The van der Waals surface area contributed by atoms with E-state index in [1.165, 1.54) is 12.1 Å². The molecule has 1 aromatic heterocycles. The van der Waals surface area contributed by atoms with Gasteiger partial charge in [0.1, 0.15) is 5.82 Å². The van der Waals surface area contributed by atoms with Crippen LogP contribution in [-0.4, -0.2) is 45.9 Å². The van der Waals surface area contributed by atoms with Crippen LogP contribution in [0, 0.1) is 10.1 Å². The second-order valence-electron chi connectivity index (χ2n) is 7.95. The maximum atomic E-state index is 13.4. The number of nitro groups is 1. The predicted molar refractivity (Wildman–Crippen MR) is 128 cm³/mol. The fourth-order valence-corrected chi connectivity index (χ4v) is 4.59. The summed E-state index contributed by atoms with van der Waals surface area (Å²) in [7, 11) is 0. The minimum absolute atomic E-state index is 0.0830. The Hall–Kier alpha value is -3.07. The number of amides is 1. The van der Waals surface area contributed by atoms with Gasteiger partial charge in [-0.1, -0.05) is 12.1 Å². The van der Waals surface area contributed by atoms with Crippen LogP contribution in [0.5, 0.6) is 0 Å². The van der Waals surface area contributed by atoms with E-state index in [9.17, 15) is 14.9 Å². The van der Waals surface area contributed by atoms with Crippen molar-refractivity contribution in [3.05, 3.63) is 64.0 Å². The monoisotopic (exact) mass is 453 g/mol. The summed E-state index contributed by atoms with van der Waals surface area (Å²) in [6.45, 7) is 1.69. The first-order chi connectivity index (χ1) is 15.6. The van der Waals surface area contributed by atoms with Crippen LogP contribution in [0.3, 0.4) is 0 Å². The molecule has 1 amide bonds. The Morgan fingerprint density at radius 1 is 1.25 bits per heavy atom. The number of nitrogens with zero attached hydrogens (tertiary/aromatic N) is 3. The van der Waals surface area contributed by atoms with E-state index in [2.05, 4.69) is 20.2 Å². The van der Waals surface area contributed by atoms with Gasteiger partial charge in [0.25, 0.3) is 11.6 Å². The van der Waals surface area contributed by atoms with E-state index < -0.39 is 4.92 Å². The van der Waals surface area contributed by atoms with Crippen molar-refractivity contribution in [2.24, 2.45) is 0 Å². The van der Waals surface area contributed by atoms with Crippen LogP contribution in [0.15, 0.2) is 42.5 Å². The van der Waals surface area contributed by atoms with Crippen molar-refractivity contribution >= 4 is 40.1 Å². The Kier molecular flexibility index (Phi) is 6.94. The highest BCUT2D eigenvalue weighted by molar-refractivity contribution is 7.98. The topological polar surface area (TPSA) is 104 Å². The van der Waals surface area contributed by atoms with Crippen molar-refractivity contribution in [2.45, 2.75) is 31.7 Å². The van der Waals surface area contributed by atoms with Gasteiger partial charge in [-0.3, -0.25) is 14.9 Å². The summed E-state index contributed by atoms with van der Waals surface area (Å²) < 4.78 is 0. The van der Waals surface area contributed by atoms with Crippen LogP contribution in [0.1, 0.15) is 47.9 Å². The number of benzene rings is 2. The van der Waals surface area contributed by atoms with Gasteiger partial charge >= 0.3 is 0 Å². The summed E-state index contributed by atoms with van der Waals surface area (Å²) in [5.41, 5.74) is 2.76. The summed E-state index contributed by atoms with van der Waals surface area (Å²) in [5, 5.41) is 14.5. The lowest BCUT2D eigenvalue weighted by Crippen LogP contribution is -2.34. The molecule has 168 valence electrons. The Bertz CT molecular complexity index is 1080. The number of fused-ring (bicyclic) bond motifs is 1. The molecule has 9 heteroatoms. The van der Waals surface area contributed by atoms with Crippen molar-refractivity contribution in [3.8, 4) is 0 Å². The van der Waals surface area contributed by atoms with E-state index in [1.54, 1.807) is 17.8 Å². The molecule has 0 spiro atoms. The van der Waals surface area contributed by atoms with Crippen molar-refractivity contribution in [3.63, 3.8) is 0 Å². The number of imidazole rings is 1. The molecule has 2 N–H and O–H groups in total. The molecule has 0 unspecified atom stereocenters. The molecule has 0 radical (unpaired) electrons. The number of carbonyl (C=O) groups is 1. The minimum atomic E-state index is -0.457. The van der Waals surface area contributed by atoms with Crippen molar-refractivity contribution in [1.82, 2.24) is 15.3 Å². The molecule has 32 heavy (non-hydrogen) atoms. The zero-order valence-corrected chi connectivity index (χ0v) is 18.9. The molecular weight excluding hydrogens is 426 g/mol. The van der Waals surface area contributed by atoms with Gasteiger partial charge in [-0.15, -0.1) is 0 Å². The number of non-ortho nitro benzene ring substituents is 1. The van der Waals surface area contributed by atoms with E-state index in [4.69, 9.17) is 0 Å². The fourth-order valence-electron chi connectivity index (χ4n) is 4.12. The molecule has 1 atom stereocenters. The number of rotatable bonds is 8. The normalized spacial score (nSPS) is 15.0. The lowest BCUT2D eigenvalue weighted by molar-refractivity contribution is -0.384. The van der Waals surface area contributed by atoms with E-state index in [0.717, 1.165) is 54.8 Å². The van der Waals surface area contributed by atoms with Gasteiger partial charge in [-0.05, 0) is 55.9 Å². The first kappa shape index (κ1) is 22.1. The number of aromatic amines is 1. The summed E-state index contributed by atoms with van der Waals surface area (Å²) in [5.74, 6) is 1.22. The average Bonchev–Trinajstić information content (AvgIpc) is 3.26. The molecule has 4 rings (SSSR count). The van der Waals surface area contributed by atoms with Gasteiger partial charge in [0.2, 0.25) is 0 Å². The van der Waals surface area contributed by atoms with Gasteiger partial charge < -0.3 is 15.2 Å². The maximum Gasteiger partial charge on any atom is 0.270 e. The molecule has 1 aliphatic rings. The summed E-state index contributed by atoms with van der Waals surface area (Å²) in [6.07, 6.45) is 5.97. The SMILES string of the molecule is CSCC[C@H](NC(=O)c1cc([N+](=O)[O-])ccc1N1CCCCC1)c1nc2ccccc2[nH]1. The minimum Gasteiger partial charge on any atom is -0.371 e. The van der Waals surface area contributed by atoms with Gasteiger partial charge in [-0.2, -0.15) is 11.8 Å². The van der Waals surface area contributed by atoms with Crippen LogP contribution in [0.4, 0.5) is 11.4 Å². The van der Waals surface area contributed by atoms with Crippen LogP contribution in [0.25, 0.3) is 11.0 Å². The Labute approximate surface area is 190 Å². The van der Waals surface area contributed by atoms with E-state index >= 15 is 0 Å². The van der Waals surface area contributed by atoms with Crippen molar-refractivity contribution in [1.29, 1.82) is 0 Å². The van der Waals surface area contributed by atoms with Crippen molar-refractivity contribution < 1.29 is 9.72 Å². The number of thioether (sulfide) groups is 1. The van der Waals surface area contributed by atoms with Gasteiger partial charge in [0.15, 0.2) is 0 Å². The van der Waals surface area contributed by atoms with Crippen LogP contribution in [0.2, 0.25) is 0 Å². The second-order valence-corrected chi connectivity index (χ2v) is 8.94. The number of carbonyl (C=O) groups excluding carboxylic acids is 1. The zero-order chi connectivity index (χ0) is 22.5. The number of H-pyrrole nitrogens is 1. The number of hydrogen-bond acceptors (Lipinski definition) is 6. The van der Waals surface area contributed by atoms with Gasteiger partial charge in [0.05, 0.1) is 33.2 Å². The molecular formula is C23H27N5O3S. The summed E-state index contributed by atoms with van der Waals surface area (Å²) in [4.78, 5) is 34.5. The number of nitro benzene ring substituents is 1. The Morgan fingerprint density at radius 2 is 2.03 bits per heavy atom. The molecule has 0 saturated carbocycles. The second kappa shape index (κ2) is 10.0. The largest absolute Gasteiger partial charge is 0.371 e. The zero-order valence-electron chi connectivity index (χ0n) is 18.0. The molecule has 8 nitrogen and oxygen atoms in total.